The molecule has 0 aromatic heterocycles. The summed E-state index contributed by atoms with van der Waals surface area (Å²) < 4.78 is 37.9. The van der Waals surface area contributed by atoms with Crippen molar-refractivity contribution in [2.75, 3.05) is 13.2 Å². The molecule has 0 N–H and O–H groups in total. The van der Waals surface area contributed by atoms with Crippen LogP contribution in [0.25, 0.3) is 0 Å². The van der Waals surface area contributed by atoms with Gasteiger partial charge in [0.05, 0.1) is 13.2 Å². The van der Waals surface area contributed by atoms with E-state index in [0.29, 0.717) is 19.1 Å². The van der Waals surface area contributed by atoms with Crippen molar-refractivity contribution in [3.63, 3.8) is 0 Å². The molecule has 1 aromatic carbocycles. The van der Waals surface area contributed by atoms with Crippen LogP contribution in [0.15, 0.2) is 12.1 Å². The van der Waals surface area contributed by atoms with Crippen LogP contribution in [0.3, 0.4) is 0 Å². The maximum absolute atomic E-state index is 13.5. The molecule has 1 aromatic rings. The highest BCUT2D eigenvalue weighted by Crippen LogP contribution is 2.28. The second-order valence-electron chi connectivity index (χ2n) is 4.62. The summed E-state index contributed by atoms with van der Waals surface area (Å²) in [6.07, 6.45) is 1.29. The summed E-state index contributed by atoms with van der Waals surface area (Å²) in [6, 6.07) is 3.67. The van der Waals surface area contributed by atoms with Crippen molar-refractivity contribution in [2.24, 2.45) is 5.92 Å². The topological polar surface area (TPSA) is 42.2 Å². The van der Waals surface area contributed by atoms with E-state index in [4.69, 9.17) is 14.7 Å². The Morgan fingerprint density at radius 3 is 2.32 bits per heavy atom. The van der Waals surface area contributed by atoms with Gasteiger partial charge in [-0.1, -0.05) is 13.3 Å². The Morgan fingerprint density at radius 2 is 1.84 bits per heavy atom. The largest absolute Gasteiger partial charge is 0.348 e. The van der Waals surface area contributed by atoms with Crippen molar-refractivity contribution in [1.82, 2.24) is 0 Å². The smallest absolute Gasteiger partial charge is 0.184 e. The Hall–Kier alpha value is -1.51. The van der Waals surface area contributed by atoms with E-state index in [9.17, 15) is 8.78 Å². The molecule has 3 nitrogen and oxygen atoms in total. The molecule has 0 atom stereocenters. The summed E-state index contributed by atoms with van der Waals surface area (Å²) in [4.78, 5) is 0. The van der Waals surface area contributed by atoms with E-state index in [-0.39, 0.29) is 5.56 Å². The molecule has 1 fully saturated rings. The molecule has 1 heterocycles. The Labute approximate surface area is 110 Å². The number of nitrogens with zero attached hydrogens (tertiary/aromatic N) is 1. The average molecular weight is 267 g/mol. The zero-order valence-corrected chi connectivity index (χ0v) is 10.7. The van der Waals surface area contributed by atoms with Crippen molar-refractivity contribution < 1.29 is 18.3 Å². The van der Waals surface area contributed by atoms with Gasteiger partial charge in [0.25, 0.3) is 0 Å². The number of rotatable bonds is 3. The van der Waals surface area contributed by atoms with Gasteiger partial charge >= 0.3 is 0 Å². The van der Waals surface area contributed by atoms with Gasteiger partial charge in [-0.25, -0.2) is 8.78 Å². The third kappa shape index (κ3) is 3.09. The first-order valence-corrected chi connectivity index (χ1v) is 6.28. The molecule has 2 rings (SSSR count). The summed E-state index contributed by atoms with van der Waals surface area (Å²) >= 11 is 0. The van der Waals surface area contributed by atoms with Crippen LogP contribution in [0.2, 0.25) is 0 Å². The number of nitriles is 1. The maximum Gasteiger partial charge on any atom is 0.184 e. The van der Waals surface area contributed by atoms with Crippen molar-refractivity contribution in [3.05, 3.63) is 34.9 Å². The van der Waals surface area contributed by atoms with Gasteiger partial charge in [0.2, 0.25) is 0 Å². The van der Waals surface area contributed by atoms with Crippen molar-refractivity contribution in [3.8, 4) is 6.07 Å². The Bertz CT molecular complexity index is 468. The minimum Gasteiger partial charge on any atom is -0.348 e. The third-order valence-electron chi connectivity index (χ3n) is 3.11. The monoisotopic (exact) mass is 267 g/mol. The molecular formula is C14H15F2NO2. The molecule has 0 bridgehead atoms. The first kappa shape index (κ1) is 13.9. The lowest BCUT2D eigenvalue weighted by atomic mass is 10.0. The molecule has 0 spiro atoms. The van der Waals surface area contributed by atoms with E-state index in [1.165, 1.54) is 6.07 Å². The Morgan fingerprint density at radius 1 is 1.26 bits per heavy atom. The van der Waals surface area contributed by atoms with Crippen LogP contribution < -0.4 is 0 Å². The lowest BCUT2D eigenvalue weighted by Gasteiger charge is -2.29. The van der Waals surface area contributed by atoms with Gasteiger partial charge < -0.3 is 9.47 Å². The minimum absolute atomic E-state index is 0.268. The fourth-order valence-electron chi connectivity index (χ4n) is 2.15. The van der Waals surface area contributed by atoms with Crippen LogP contribution in [-0.4, -0.2) is 13.2 Å². The van der Waals surface area contributed by atoms with Gasteiger partial charge in [0.1, 0.15) is 23.3 Å². The molecule has 0 saturated carbocycles. The first-order chi connectivity index (χ1) is 9.15. The molecule has 1 aliphatic rings. The number of hydrogen-bond acceptors (Lipinski definition) is 3. The lowest BCUT2D eigenvalue weighted by molar-refractivity contribution is -0.206. The quantitative estimate of drug-likeness (QED) is 0.843. The van der Waals surface area contributed by atoms with E-state index < -0.39 is 23.5 Å². The minimum atomic E-state index is -0.889. The number of ether oxygens (including phenoxy) is 2. The van der Waals surface area contributed by atoms with Gasteiger partial charge in [-0.3, -0.25) is 0 Å². The Kier molecular flexibility index (Phi) is 4.46. The van der Waals surface area contributed by atoms with Gasteiger partial charge in [0, 0.05) is 11.5 Å². The highest BCUT2D eigenvalue weighted by molar-refractivity contribution is 5.35. The summed E-state index contributed by atoms with van der Waals surface area (Å²) in [5.41, 5.74) is -0.313. The van der Waals surface area contributed by atoms with E-state index in [0.717, 1.165) is 25.0 Å². The predicted molar refractivity (Wildman–Crippen MR) is 64.1 cm³/mol. The molecule has 102 valence electrons. The summed E-state index contributed by atoms with van der Waals surface area (Å²) in [7, 11) is 0. The fourth-order valence-corrected chi connectivity index (χ4v) is 2.15. The lowest BCUT2D eigenvalue weighted by Crippen LogP contribution is -2.27. The molecule has 0 unspecified atom stereocenters. The van der Waals surface area contributed by atoms with Crippen molar-refractivity contribution in [1.29, 1.82) is 5.26 Å². The van der Waals surface area contributed by atoms with Crippen LogP contribution in [0.5, 0.6) is 0 Å². The normalized spacial score (nSPS) is 23.1. The molecule has 1 aliphatic heterocycles. The SMILES string of the molecule is CCC[C@H]1CO[C@H](c2cc(F)c(C#N)c(F)c2)OC1. The van der Waals surface area contributed by atoms with E-state index >= 15 is 0 Å². The predicted octanol–water partition coefficient (Wildman–Crippen LogP) is 3.30. The zero-order valence-electron chi connectivity index (χ0n) is 10.7. The third-order valence-corrected chi connectivity index (χ3v) is 3.11. The summed E-state index contributed by atoms with van der Waals surface area (Å²) in [5, 5.41) is 8.60. The van der Waals surface area contributed by atoms with Gasteiger partial charge in [-0.15, -0.1) is 0 Å². The van der Waals surface area contributed by atoms with Gasteiger partial charge in [-0.05, 0) is 18.6 Å². The highest BCUT2D eigenvalue weighted by atomic mass is 19.1. The summed E-state index contributed by atoms with van der Waals surface area (Å²) in [6.45, 7) is 3.11. The van der Waals surface area contributed by atoms with Gasteiger partial charge in [0.15, 0.2) is 6.29 Å². The number of halogens is 2. The van der Waals surface area contributed by atoms with Crippen molar-refractivity contribution >= 4 is 0 Å². The van der Waals surface area contributed by atoms with E-state index in [2.05, 4.69) is 6.92 Å². The van der Waals surface area contributed by atoms with Gasteiger partial charge in [-0.2, -0.15) is 5.26 Å². The molecule has 1 saturated heterocycles. The standard InChI is InChI=1S/C14H15F2NO2/c1-2-3-9-7-18-14(19-8-9)10-4-12(15)11(6-17)13(16)5-10/h4-5,9,14H,2-3,7-8H2,1H3/t9-,14-. The second kappa shape index (κ2) is 6.09. The molecule has 19 heavy (non-hydrogen) atoms. The molecule has 0 radical (unpaired) electrons. The Balaban J connectivity index is 2.10. The summed E-state index contributed by atoms with van der Waals surface area (Å²) in [5.74, 6) is -1.45. The zero-order chi connectivity index (χ0) is 13.8. The van der Waals surface area contributed by atoms with Crippen LogP contribution >= 0.6 is 0 Å². The van der Waals surface area contributed by atoms with Crippen LogP contribution in [0.4, 0.5) is 8.78 Å². The second-order valence-corrected chi connectivity index (χ2v) is 4.62. The highest BCUT2D eigenvalue weighted by Gasteiger charge is 2.25. The van der Waals surface area contributed by atoms with E-state index in [1.807, 2.05) is 0 Å². The average Bonchev–Trinajstić information content (AvgIpc) is 2.39. The van der Waals surface area contributed by atoms with Crippen LogP contribution in [0.1, 0.15) is 37.2 Å². The van der Waals surface area contributed by atoms with Crippen LogP contribution in [0, 0.1) is 28.9 Å². The fraction of sp³-hybridized carbons (Fsp3) is 0.500. The molecule has 5 heteroatoms. The first-order valence-electron chi connectivity index (χ1n) is 6.28. The number of benzene rings is 1. The molecule has 0 aliphatic carbocycles. The molecule has 0 amide bonds. The maximum atomic E-state index is 13.5. The number of hydrogen-bond donors (Lipinski definition) is 0. The molecular weight excluding hydrogens is 252 g/mol. The van der Waals surface area contributed by atoms with E-state index in [1.54, 1.807) is 0 Å². The van der Waals surface area contributed by atoms with Crippen molar-refractivity contribution in [2.45, 2.75) is 26.1 Å². The van der Waals surface area contributed by atoms with Crippen LogP contribution in [-0.2, 0) is 9.47 Å².